The number of benzene rings is 2. The van der Waals surface area contributed by atoms with Gasteiger partial charge in [-0.05, 0) is 60.6 Å². The van der Waals surface area contributed by atoms with Gasteiger partial charge in [0.25, 0.3) is 0 Å². The van der Waals surface area contributed by atoms with Gasteiger partial charge in [0.15, 0.2) is 0 Å². The zero-order valence-electron chi connectivity index (χ0n) is 27.2. The molecule has 244 valence electrons. The molecule has 4 aromatic rings. The highest BCUT2D eigenvalue weighted by molar-refractivity contribution is 5.82. The first-order chi connectivity index (χ1) is 22.1. The number of aromatic amines is 2. The van der Waals surface area contributed by atoms with Crippen LogP contribution in [-0.4, -0.2) is 66.1 Å². The Morgan fingerprint density at radius 1 is 0.913 bits per heavy atom. The summed E-state index contributed by atoms with van der Waals surface area (Å²) in [5.74, 6) is 1.34. The minimum atomic E-state index is -0.563. The van der Waals surface area contributed by atoms with E-state index in [4.69, 9.17) is 5.73 Å². The summed E-state index contributed by atoms with van der Waals surface area (Å²) in [4.78, 5) is 32.5. The molecule has 6 rings (SSSR count). The third-order valence-corrected chi connectivity index (χ3v) is 9.49. The van der Waals surface area contributed by atoms with Crippen molar-refractivity contribution in [1.29, 1.82) is 0 Å². The number of hydrogen-bond acceptors (Lipinski definition) is 6. The number of aliphatic hydroxyl groups excluding tert-OH is 1. The molecule has 2 fully saturated rings. The number of imidazole rings is 2. The molecule has 10 heteroatoms. The van der Waals surface area contributed by atoms with Crippen LogP contribution in [0.1, 0.15) is 83.5 Å². The first kappa shape index (κ1) is 32.1. The predicted molar refractivity (Wildman–Crippen MR) is 178 cm³/mol. The first-order valence-electron chi connectivity index (χ1n) is 16.6. The lowest BCUT2D eigenvalue weighted by atomic mass is 10.0. The van der Waals surface area contributed by atoms with Gasteiger partial charge in [-0.15, -0.1) is 0 Å². The first-order valence-corrected chi connectivity index (χ1v) is 16.6. The van der Waals surface area contributed by atoms with Gasteiger partial charge in [-0.1, -0.05) is 76.2 Å². The number of nitrogens with zero attached hydrogens (tertiary/aromatic N) is 4. The third kappa shape index (κ3) is 6.52. The van der Waals surface area contributed by atoms with Crippen molar-refractivity contribution < 1.29 is 14.3 Å². The Morgan fingerprint density at radius 2 is 1.52 bits per heavy atom. The fourth-order valence-corrected chi connectivity index (χ4v) is 6.82. The van der Waals surface area contributed by atoms with Gasteiger partial charge in [-0.3, -0.25) is 9.69 Å². The summed E-state index contributed by atoms with van der Waals surface area (Å²) in [5.41, 5.74) is 11.1. The maximum Gasteiger partial charge on any atom is 0.240 e. The maximum atomic E-state index is 15.1. The molecule has 46 heavy (non-hydrogen) atoms. The summed E-state index contributed by atoms with van der Waals surface area (Å²) >= 11 is 0. The van der Waals surface area contributed by atoms with Crippen LogP contribution in [0, 0.1) is 17.8 Å². The molecule has 4 heterocycles. The minimum Gasteiger partial charge on any atom is -0.378 e. The number of halogens is 1. The number of nitrogens with one attached hydrogen (secondary N) is 2. The van der Waals surface area contributed by atoms with Crippen LogP contribution in [0.15, 0.2) is 54.7 Å². The van der Waals surface area contributed by atoms with Crippen LogP contribution in [0.5, 0.6) is 0 Å². The second kappa shape index (κ2) is 13.5. The molecule has 4 atom stereocenters. The van der Waals surface area contributed by atoms with E-state index in [-0.39, 0.29) is 23.9 Å². The molecule has 0 saturated carbocycles. The average molecular weight is 628 g/mol. The van der Waals surface area contributed by atoms with E-state index in [0.717, 1.165) is 60.4 Å². The third-order valence-electron chi connectivity index (χ3n) is 9.49. The number of likely N-dealkylation sites (tertiary alicyclic amines) is 2. The van der Waals surface area contributed by atoms with Gasteiger partial charge in [0.05, 0.1) is 30.0 Å². The lowest BCUT2D eigenvalue weighted by Crippen LogP contribution is -2.46. The molecule has 0 spiro atoms. The van der Waals surface area contributed by atoms with Crippen LogP contribution in [0.2, 0.25) is 0 Å². The Balaban J connectivity index is 1.13. The summed E-state index contributed by atoms with van der Waals surface area (Å²) in [6.07, 6.45) is 5.51. The molecule has 0 bridgehead atoms. The molecule has 2 aliphatic rings. The predicted octanol–water partition coefficient (Wildman–Crippen LogP) is 6.42. The molecular weight excluding hydrogens is 581 g/mol. The van der Waals surface area contributed by atoms with Crippen molar-refractivity contribution in [3.63, 3.8) is 0 Å². The fourth-order valence-electron chi connectivity index (χ4n) is 6.82. The van der Waals surface area contributed by atoms with Crippen molar-refractivity contribution in [3.05, 3.63) is 72.3 Å². The van der Waals surface area contributed by atoms with E-state index in [0.29, 0.717) is 36.0 Å². The van der Waals surface area contributed by atoms with E-state index >= 15 is 4.39 Å². The standard InChI is InChI=1S/C36H46FN7O2/c1-21(2)19-30(45)43-17-5-8-29(43)35-41-32(33(37)42-35)26-15-11-24(12-16-26)23-9-13-25(14-10-23)27-20-39-34(40-27)28-7-6-18-44(28)36(46)31(38)22(3)4/h9-16,20-22,28-31,45H,5-8,17-19,38H2,1-4H3,(H,39,40)(H,41,42)/t28-,29-,30?,31-/m0/s1. The second-order valence-electron chi connectivity index (χ2n) is 13.6. The number of aliphatic hydroxyl groups is 1. The van der Waals surface area contributed by atoms with Gasteiger partial charge in [-0.25, -0.2) is 9.97 Å². The largest absolute Gasteiger partial charge is 0.378 e. The van der Waals surface area contributed by atoms with E-state index < -0.39 is 18.2 Å². The summed E-state index contributed by atoms with van der Waals surface area (Å²) in [5, 5.41) is 10.7. The highest BCUT2D eigenvalue weighted by Gasteiger charge is 2.36. The molecule has 9 nitrogen and oxygen atoms in total. The Hall–Kier alpha value is -3.86. The van der Waals surface area contributed by atoms with Crippen LogP contribution >= 0.6 is 0 Å². The van der Waals surface area contributed by atoms with Crippen LogP contribution < -0.4 is 5.73 Å². The highest BCUT2D eigenvalue weighted by Crippen LogP contribution is 2.36. The van der Waals surface area contributed by atoms with Crippen LogP contribution in [0.25, 0.3) is 33.6 Å². The van der Waals surface area contributed by atoms with E-state index in [2.05, 4.69) is 45.9 Å². The lowest BCUT2D eigenvalue weighted by Gasteiger charge is -2.29. The van der Waals surface area contributed by atoms with Crippen LogP contribution in [0.3, 0.4) is 0 Å². The fraction of sp³-hybridized carbons (Fsp3) is 0.472. The van der Waals surface area contributed by atoms with Crippen molar-refractivity contribution in [3.8, 4) is 33.6 Å². The number of carbonyl (C=O) groups is 1. The minimum absolute atomic E-state index is 0.0151. The average Bonchev–Trinajstić information content (AvgIpc) is 3.86. The molecular formula is C36H46FN7O2. The lowest BCUT2D eigenvalue weighted by molar-refractivity contribution is -0.134. The molecule has 1 unspecified atom stereocenters. The second-order valence-corrected chi connectivity index (χ2v) is 13.6. The van der Waals surface area contributed by atoms with E-state index in [1.165, 1.54) is 0 Å². The Labute approximate surface area is 270 Å². The monoisotopic (exact) mass is 627 g/mol. The van der Waals surface area contributed by atoms with E-state index in [9.17, 15) is 9.90 Å². The molecule has 2 saturated heterocycles. The number of hydrogen-bond donors (Lipinski definition) is 4. The molecule has 2 aromatic heterocycles. The van der Waals surface area contributed by atoms with Gasteiger partial charge < -0.3 is 25.7 Å². The molecule has 0 radical (unpaired) electrons. The van der Waals surface area contributed by atoms with E-state index in [1.807, 2.05) is 66.2 Å². The molecule has 1 amide bonds. The Morgan fingerprint density at radius 3 is 2.17 bits per heavy atom. The van der Waals surface area contributed by atoms with Crippen molar-refractivity contribution in [2.24, 2.45) is 17.6 Å². The van der Waals surface area contributed by atoms with E-state index in [1.54, 1.807) is 0 Å². The van der Waals surface area contributed by atoms with Gasteiger partial charge in [0.2, 0.25) is 11.9 Å². The number of rotatable bonds is 10. The number of carbonyl (C=O) groups excluding carboxylic acids is 1. The van der Waals surface area contributed by atoms with Crippen LogP contribution in [-0.2, 0) is 4.79 Å². The van der Waals surface area contributed by atoms with Gasteiger partial charge in [-0.2, -0.15) is 4.39 Å². The summed E-state index contributed by atoms with van der Waals surface area (Å²) in [6, 6.07) is 15.2. The van der Waals surface area contributed by atoms with Crippen molar-refractivity contribution in [2.45, 2.75) is 84.2 Å². The molecule has 5 N–H and O–H groups in total. The normalized spacial score (nSPS) is 20.2. The quantitative estimate of drug-likeness (QED) is 0.161. The zero-order valence-corrected chi connectivity index (χ0v) is 27.2. The van der Waals surface area contributed by atoms with Crippen molar-refractivity contribution in [2.75, 3.05) is 13.1 Å². The number of amides is 1. The van der Waals surface area contributed by atoms with Crippen molar-refractivity contribution >= 4 is 5.91 Å². The topological polar surface area (TPSA) is 127 Å². The van der Waals surface area contributed by atoms with Gasteiger partial charge in [0, 0.05) is 18.7 Å². The summed E-state index contributed by atoms with van der Waals surface area (Å²) in [7, 11) is 0. The maximum absolute atomic E-state index is 15.1. The summed E-state index contributed by atoms with van der Waals surface area (Å²) in [6.45, 7) is 9.59. The number of H-pyrrole nitrogens is 2. The van der Waals surface area contributed by atoms with Gasteiger partial charge >= 0.3 is 0 Å². The Kier molecular flexibility index (Phi) is 9.40. The SMILES string of the molecule is CC(C)CC(O)N1CCC[C@H]1c1nc(-c2ccc(-c3ccc(-c4cnc([C@@H]5CCCN5C(=O)[C@@H](N)C(C)C)[nH]4)cc3)cc2)c(F)[nH]1. The number of nitrogens with two attached hydrogens (primary N) is 1. The summed E-state index contributed by atoms with van der Waals surface area (Å²) < 4.78 is 15.1. The van der Waals surface area contributed by atoms with Gasteiger partial charge in [0.1, 0.15) is 23.6 Å². The number of aromatic nitrogens is 4. The van der Waals surface area contributed by atoms with Crippen LogP contribution in [0.4, 0.5) is 4.39 Å². The molecule has 2 aliphatic heterocycles. The molecule has 0 aliphatic carbocycles. The molecule has 2 aromatic carbocycles. The highest BCUT2D eigenvalue weighted by atomic mass is 19.1. The smallest absolute Gasteiger partial charge is 0.240 e. The zero-order chi connectivity index (χ0) is 32.5. The van der Waals surface area contributed by atoms with Crippen molar-refractivity contribution in [1.82, 2.24) is 29.7 Å². The Bertz CT molecular complexity index is 1630.